The van der Waals surface area contributed by atoms with E-state index in [1.807, 2.05) is 26.0 Å². The van der Waals surface area contributed by atoms with Gasteiger partial charge in [0.1, 0.15) is 5.60 Å². The van der Waals surface area contributed by atoms with Crippen molar-refractivity contribution in [2.75, 3.05) is 19.0 Å². The fourth-order valence-corrected chi connectivity index (χ4v) is 4.56. The Hall–Kier alpha value is -2.58. The number of nitrogens with one attached hydrogen (secondary N) is 1. The topological polar surface area (TPSA) is 84.9 Å². The summed E-state index contributed by atoms with van der Waals surface area (Å²) in [6.07, 6.45) is 0.785. The van der Waals surface area contributed by atoms with Crippen LogP contribution >= 0.6 is 0 Å². The van der Waals surface area contributed by atoms with Gasteiger partial charge in [0.25, 0.3) is 5.91 Å². The summed E-state index contributed by atoms with van der Waals surface area (Å²) in [4.78, 5) is 12.5. The predicted molar refractivity (Wildman–Crippen MR) is 116 cm³/mol. The Kier molecular flexibility index (Phi) is 6.10. The van der Waals surface area contributed by atoms with Crippen molar-refractivity contribution >= 4 is 21.6 Å². The van der Waals surface area contributed by atoms with Crippen LogP contribution in [-0.4, -0.2) is 43.9 Å². The molecule has 0 unspecified atom stereocenters. The van der Waals surface area contributed by atoms with Gasteiger partial charge in [0.2, 0.25) is 10.0 Å². The third-order valence-corrected chi connectivity index (χ3v) is 7.00. The molecule has 0 atom stereocenters. The van der Waals surface area contributed by atoms with Gasteiger partial charge in [-0.05, 0) is 58.0 Å². The highest BCUT2D eigenvalue weighted by atomic mass is 32.2. The van der Waals surface area contributed by atoms with E-state index < -0.39 is 10.0 Å². The summed E-state index contributed by atoms with van der Waals surface area (Å²) < 4.78 is 37.9. The Labute approximate surface area is 178 Å². The molecule has 0 saturated carbocycles. The van der Waals surface area contributed by atoms with E-state index in [0.717, 1.165) is 12.0 Å². The van der Waals surface area contributed by atoms with E-state index in [1.165, 1.54) is 23.5 Å². The van der Waals surface area contributed by atoms with Gasteiger partial charge in [0.05, 0.1) is 4.90 Å². The lowest BCUT2D eigenvalue weighted by molar-refractivity contribution is -0.118. The van der Waals surface area contributed by atoms with Crippen molar-refractivity contribution in [3.63, 3.8) is 0 Å². The number of hydrogen-bond donors (Lipinski definition) is 1. The van der Waals surface area contributed by atoms with Crippen molar-refractivity contribution in [3.05, 3.63) is 48.0 Å². The zero-order valence-corrected chi connectivity index (χ0v) is 18.7. The Morgan fingerprint density at radius 1 is 1.20 bits per heavy atom. The molecule has 2 aromatic carbocycles. The molecule has 1 N–H and O–H groups in total. The molecule has 0 spiro atoms. The Morgan fingerprint density at radius 2 is 1.87 bits per heavy atom. The summed E-state index contributed by atoms with van der Waals surface area (Å²) in [5, 5.41) is 2.71. The summed E-state index contributed by atoms with van der Waals surface area (Å²) in [7, 11) is -2.02. The number of para-hydroxylation sites is 1. The molecule has 3 rings (SSSR count). The van der Waals surface area contributed by atoms with Crippen molar-refractivity contribution in [2.45, 2.75) is 50.7 Å². The SMILES string of the molecule is CC(C)N(C)S(=O)(=O)c1ccc(NC(=O)COc2cccc3c2OC(C)(C)C3)cc1. The molecule has 0 saturated heterocycles. The summed E-state index contributed by atoms with van der Waals surface area (Å²) in [6.45, 7) is 7.44. The van der Waals surface area contributed by atoms with Crippen molar-refractivity contribution in [1.29, 1.82) is 0 Å². The van der Waals surface area contributed by atoms with E-state index >= 15 is 0 Å². The number of carbonyl (C=O) groups is 1. The molecule has 0 aromatic heterocycles. The minimum Gasteiger partial charge on any atom is -0.483 e. The summed E-state index contributed by atoms with van der Waals surface area (Å²) in [6, 6.07) is 11.6. The van der Waals surface area contributed by atoms with Gasteiger partial charge in [-0.1, -0.05) is 12.1 Å². The third kappa shape index (κ3) is 4.76. The molecule has 1 aliphatic rings. The second-order valence-electron chi connectivity index (χ2n) is 8.26. The number of benzene rings is 2. The quantitative estimate of drug-likeness (QED) is 0.724. The maximum atomic E-state index is 12.5. The first-order valence-electron chi connectivity index (χ1n) is 9.81. The first-order chi connectivity index (χ1) is 14.0. The molecule has 8 heteroatoms. The van der Waals surface area contributed by atoms with Crippen LogP contribution < -0.4 is 14.8 Å². The Morgan fingerprint density at radius 3 is 2.50 bits per heavy atom. The van der Waals surface area contributed by atoms with E-state index in [-0.39, 0.29) is 29.1 Å². The number of rotatable bonds is 7. The molecular weight excluding hydrogens is 404 g/mol. The molecule has 30 heavy (non-hydrogen) atoms. The van der Waals surface area contributed by atoms with Crippen molar-refractivity contribution < 1.29 is 22.7 Å². The number of nitrogens with zero attached hydrogens (tertiary/aromatic N) is 1. The highest BCUT2D eigenvalue weighted by Gasteiger charge is 2.32. The van der Waals surface area contributed by atoms with Crippen LogP contribution in [0.2, 0.25) is 0 Å². The molecule has 7 nitrogen and oxygen atoms in total. The van der Waals surface area contributed by atoms with E-state index in [2.05, 4.69) is 5.32 Å². The summed E-state index contributed by atoms with van der Waals surface area (Å²) in [5.41, 5.74) is 1.25. The van der Waals surface area contributed by atoms with Crippen LogP contribution in [0.25, 0.3) is 0 Å². The number of carbonyl (C=O) groups excluding carboxylic acids is 1. The standard InChI is InChI=1S/C22H28N2O5S/c1-15(2)24(5)30(26,27)18-11-9-17(10-12-18)23-20(25)14-28-19-8-6-7-16-13-22(3,4)29-21(16)19/h6-12,15H,13-14H2,1-5H3,(H,23,25). The lowest BCUT2D eigenvalue weighted by Gasteiger charge is -2.21. The van der Waals surface area contributed by atoms with Crippen molar-refractivity contribution in [3.8, 4) is 11.5 Å². The van der Waals surface area contributed by atoms with Crippen molar-refractivity contribution in [2.24, 2.45) is 0 Å². The number of anilines is 1. The van der Waals surface area contributed by atoms with Crippen molar-refractivity contribution in [1.82, 2.24) is 4.31 Å². The molecule has 162 valence electrons. The maximum Gasteiger partial charge on any atom is 0.262 e. The van der Waals surface area contributed by atoms with Gasteiger partial charge in [-0.15, -0.1) is 0 Å². The molecule has 1 amide bonds. The van der Waals surface area contributed by atoms with Gasteiger partial charge in [0, 0.05) is 30.8 Å². The van der Waals surface area contributed by atoms with Crippen LogP contribution in [0.3, 0.4) is 0 Å². The minimum atomic E-state index is -3.56. The summed E-state index contributed by atoms with van der Waals surface area (Å²) in [5.74, 6) is 0.866. The zero-order chi connectivity index (χ0) is 22.1. The average molecular weight is 433 g/mol. The van der Waals surface area contributed by atoms with Gasteiger partial charge in [-0.3, -0.25) is 4.79 Å². The third-order valence-electron chi connectivity index (χ3n) is 4.96. The zero-order valence-electron chi connectivity index (χ0n) is 17.9. The molecule has 1 aliphatic heterocycles. The smallest absolute Gasteiger partial charge is 0.262 e. The average Bonchev–Trinajstić information content (AvgIpc) is 3.00. The Bertz CT molecular complexity index is 1030. The normalized spacial score (nSPS) is 15.0. The fourth-order valence-electron chi connectivity index (χ4n) is 3.20. The first-order valence-corrected chi connectivity index (χ1v) is 11.3. The van der Waals surface area contributed by atoms with E-state index in [4.69, 9.17) is 9.47 Å². The predicted octanol–water partition coefficient (Wildman–Crippen LogP) is 3.45. The van der Waals surface area contributed by atoms with Crippen LogP contribution in [0, 0.1) is 0 Å². The van der Waals surface area contributed by atoms with Gasteiger partial charge in [0.15, 0.2) is 18.1 Å². The molecule has 0 aliphatic carbocycles. The number of sulfonamides is 1. The highest BCUT2D eigenvalue weighted by Crippen LogP contribution is 2.41. The fraction of sp³-hybridized carbons (Fsp3) is 0.409. The van der Waals surface area contributed by atoms with Crippen LogP contribution in [0.4, 0.5) is 5.69 Å². The van der Waals surface area contributed by atoms with Crippen LogP contribution in [0.5, 0.6) is 11.5 Å². The second kappa shape index (κ2) is 8.28. The van der Waals surface area contributed by atoms with Gasteiger partial charge in [-0.25, -0.2) is 8.42 Å². The van der Waals surface area contributed by atoms with E-state index in [9.17, 15) is 13.2 Å². The first kappa shape index (κ1) is 22.1. The van der Waals surface area contributed by atoms with Gasteiger partial charge >= 0.3 is 0 Å². The summed E-state index contributed by atoms with van der Waals surface area (Å²) >= 11 is 0. The highest BCUT2D eigenvalue weighted by molar-refractivity contribution is 7.89. The van der Waals surface area contributed by atoms with E-state index in [0.29, 0.717) is 17.2 Å². The number of hydrogen-bond acceptors (Lipinski definition) is 5. The molecule has 2 aromatic rings. The maximum absolute atomic E-state index is 12.5. The Balaban J connectivity index is 1.61. The molecule has 0 bridgehead atoms. The largest absolute Gasteiger partial charge is 0.483 e. The monoisotopic (exact) mass is 432 g/mol. The van der Waals surface area contributed by atoms with Crippen LogP contribution in [0.1, 0.15) is 33.3 Å². The van der Waals surface area contributed by atoms with Gasteiger partial charge < -0.3 is 14.8 Å². The molecule has 0 fully saturated rings. The lowest BCUT2D eigenvalue weighted by atomic mass is 10.0. The number of fused-ring (bicyclic) bond motifs is 1. The molecule has 1 heterocycles. The van der Waals surface area contributed by atoms with E-state index in [1.54, 1.807) is 32.0 Å². The lowest BCUT2D eigenvalue weighted by Crippen LogP contribution is -2.33. The molecule has 0 radical (unpaired) electrons. The van der Waals surface area contributed by atoms with Crippen LogP contribution in [-0.2, 0) is 21.2 Å². The van der Waals surface area contributed by atoms with Crippen LogP contribution in [0.15, 0.2) is 47.4 Å². The second-order valence-corrected chi connectivity index (χ2v) is 10.3. The molecular formula is C22H28N2O5S. The van der Waals surface area contributed by atoms with Gasteiger partial charge in [-0.2, -0.15) is 4.31 Å². The number of ether oxygens (including phenoxy) is 2. The minimum absolute atomic E-state index is 0.152. The number of amides is 1.